The van der Waals surface area contributed by atoms with E-state index in [1.165, 1.54) is 6.07 Å². The molecular formula is C23H23NO6. The summed E-state index contributed by atoms with van der Waals surface area (Å²) >= 11 is 0. The van der Waals surface area contributed by atoms with Crippen LogP contribution in [0, 0.1) is 0 Å². The summed E-state index contributed by atoms with van der Waals surface area (Å²) in [6, 6.07) is 14.1. The number of nitrogens with one attached hydrogen (secondary N) is 1. The molecule has 7 heteroatoms. The van der Waals surface area contributed by atoms with Crippen LogP contribution in [0.15, 0.2) is 57.7 Å². The maximum Gasteiger partial charge on any atom is 0.336 e. The smallest absolute Gasteiger partial charge is 0.336 e. The van der Waals surface area contributed by atoms with Gasteiger partial charge in [0.1, 0.15) is 17.1 Å². The molecule has 2 heterocycles. The van der Waals surface area contributed by atoms with Crippen LogP contribution < -0.4 is 20.4 Å². The van der Waals surface area contributed by atoms with E-state index < -0.39 is 5.63 Å². The number of fused-ring (bicyclic) bond motifs is 1. The zero-order valence-electron chi connectivity index (χ0n) is 16.7. The largest absolute Gasteiger partial charge is 0.497 e. The van der Waals surface area contributed by atoms with Gasteiger partial charge < -0.3 is 23.9 Å². The molecule has 0 radical (unpaired) electrons. The van der Waals surface area contributed by atoms with Crippen LogP contribution in [-0.4, -0.2) is 38.9 Å². The number of rotatable bonds is 7. The Bertz CT molecular complexity index is 1080. The highest BCUT2D eigenvalue weighted by molar-refractivity contribution is 5.93. The van der Waals surface area contributed by atoms with E-state index in [-0.39, 0.29) is 18.6 Å². The molecule has 1 unspecified atom stereocenters. The lowest BCUT2D eigenvalue weighted by Gasteiger charge is -2.12. The number of carbonyl (C=O) groups excluding carboxylic acids is 1. The van der Waals surface area contributed by atoms with Crippen molar-refractivity contribution in [1.82, 2.24) is 5.32 Å². The molecule has 0 saturated carbocycles. The molecule has 1 aromatic heterocycles. The summed E-state index contributed by atoms with van der Waals surface area (Å²) in [6.45, 7) is 1.11. The molecule has 1 saturated heterocycles. The number of ether oxygens (including phenoxy) is 3. The molecule has 0 spiro atoms. The van der Waals surface area contributed by atoms with E-state index >= 15 is 0 Å². The minimum absolute atomic E-state index is 0.0836. The highest BCUT2D eigenvalue weighted by Crippen LogP contribution is 2.30. The first-order valence-corrected chi connectivity index (χ1v) is 9.86. The Kier molecular flexibility index (Phi) is 5.99. The molecule has 1 atom stereocenters. The van der Waals surface area contributed by atoms with E-state index in [0.717, 1.165) is 41.7 Å². The van der Waals surface area contributed by atoms with Crippen molar-refractivity contribution in [2.75, 3.05) is 26.9 Å². The fourth-order valence-electron chi connectivity index (χ4n) is 3.48. The SMILES string of the molecule is COc1ccc(-c2cc(=O)oc3cc(OCC(=O)NCC4CCCO4)ccc23)cc1. The summed E-state index contributed by atoms with van der Waals surface area (Å²) in [5.41, 5.74) is 1.56. The van der Waals surface area contributed by atoms with Gasteiger partial charge in [0.15, 0.2) is 6.61 Å². The molecular weight excluding hydrogens is 386 g/mol. The van der Waals surface area contributed by atoms with Crippen LogP contribution in [0.4, 0.5) is 0 Å². The normalized spacial score (nSPS) is 15.8. The molecule has 30 heavy (non-hydrogen) atoms. The Morgan fingerprint density at radius 3 is 2.67 bits per heavy atom. The molecule has 156 valence electrons. The lowest BCUT2D eigenvalue weighted by molar-refractivity contribution is -0.123. The van der Waals surface area contributed by atoms with Crippen LogP contribution in [0.2, 0.25) is 0 Å². The Hall–Kier alpha value is -3.32. The summed E-state index contributed by atoms with van der Waals surface area (Å²) in [4.78, 5) is 24.1. The Labute approximate surface area is 173 Å². The highest BCUT2D eigenvalue weighted by Gasteiger charge is 2.16. The second kappa shape index (κ2) is 9.00. The second-order valence-corrected chi connectivity index (χ2v) is 7.09. The molecule has 3 aromatic rings. The van der Waals surface area contributed by atoms with Crippen molar-refractivity contribution in [2.45, 2.75) is 18.9 Å². The third kappa shape index (κ3) is 4.63. The summed E-state index contributed by atoms with van der Waals surface area (Å²) in [5, 5.41) is 3.58. The van der Waals surface area contributed by atoms with Gasteiger partial charge in [0.25, 0.3) is 5.91 Å². The van der Waals surface area contributed by atoms with Crippen molar-refractivity contribution in [3.05, 3.63) is 59.0 Å². The summed E-state index contributed by atoms with van der Waals surface area (Å²) < 4.78 is 21.6. The molecule has 1 fully saturated rings. The first kappa shape index (κ1) is 20.0. The number of carbonyl (C=O) groups is 1. The number of methoxy groups -OCH3 is 1. The maximum atomic E-state index is 12.1. The van der Waals surface area contributed by atoms with Crippen LogP contribution >= 0.6 is 0 Å². The lowest BCUT2D eigenvalue weighted by Crippen LogP contribution is -2.35. The molecule has 0 aliphatic carbocycles. The number of hydrogen-bond donors (Lipinski definition) is 1. The van der Waals surface area contributed by atoms with E-state index in [4.69, 9.17) is 18.6 Å². The first-order valence-electron chi connectivity index (χ1n) is 9.86. The van der Waals surface area contributed by atoms with Crippen molar-refractivity contribution in [3.8, 4) is 22.6 Å². The minimum atomic E-state index is -0.459. The molecule has 1 aliphatic rings. The topological polar surface area (TPSA) is 87.0 Å². The van der Waals surface area contributed by atoms with Crippen molar-refractivity contribution < 1.29 is 23.4 Å². The van der Waals surface area contributed by atoms with Crippen LogP contribution in [0.1, 0.15) is 12.8 Å². The standard InChI is InChI=1S/C23H23NO6/c1-27-16-6-4-15(5-7-16)20-12-23(26)30-21-11-17(8-9-19(20)21)29-14-22(25)24-13-18-3-2-10-28-18/h4-9,11-12,18H,2-3,10,13-14H2,1H3,(H,24,25). The lowest BCUT2D eigenvalue weighted by atomic mass is 10.0. The summed E-state index contributed by atoms with van der Waals surface area (Å²) in [5.74, 6) is 0.961. The van der Waals surface area contributed by atoms with E-state index in [0.29, 0.717) is 17.9 Å². The second-order valence-electron chi connectivity index (χ2n) is 7.09. The number of benzene rings is 2. The molecule has 1 aliphatic heterocycles. The molecule has 0 bridgehead atoms. The monoisotopic (exact) mass is 409 g/mol. The predicted octanol–water partition coefficient (Wildman–Crippen LogP) is 3.14. The van der Waals surface area contributed by atoms with Crippen LogP contribution in [0.5, 0.6) is 11.5 Å². The van der Waals surface area contributed by atoms with E-state index in [1.54, 1.807) is 19.2 Å². The van der Waals surface area contributed by atoms with E-state index in [1.807, 2.05) is 30.3 Å². The number of amides is 1. The Balaban J connectivity index is 1.48. The van der Waals surface area contributed by atoms with Crippen molar-refractivity contribution in [1.29, 1.82) is 0 Å². The van der Waals surface area contributed by atoms with Crippen LogP contribution in [-0.2, 0) is 9.53 Å². The van der Waals surface area contributed by atoms with Crippen molar-refractivity contribution in [3.63, 3.8) is 0 Å². The molecule has 4 rings (SSSR count). The van der Waals surface area contributed by atoms with Crippen molar-refractivity contribution >= 4 is 16.9 Å². The molecule has 2 aromatic carbocycles. The maximum absolute atomic E-state index is 12.1. The molecule has 1 N–H and O–H groups in total. The van der Waals surface area contributed by atoms with Gasteiger partial charge in [0.2, 0.25) is 0 Å². The van der Waals surface area contributed by atoms with Gasteiger partial charge in [-0.2, -0.15) is 0 Å². The van der Waals surface area contributed by atoms with Gasteiger partial charge in [-0.05, 0) is 48.2 Å². The van der Waals surface area contributed by atoms with Gasteiger partial charge >= 0.3 is 5.63 Å². The Morgan fingerprint density at radius 1 is 1.13 bits per heavy atom. The van der Waals surface area contributed by atoms with E-state index in [2.05, 4.69) is 5.32 Å². The predicted molar refractivity (Wildman–Crippen MR) is 112 cm³/mol. The summed E-state index contributed by atoms with van der Waals surface area (Å²) in [6.07, 6.45) is 2.07. The van der Waals surface area contributed by atoms with Gasteiger partial charge in [-0.1, -0.05) is 12.1 Å². The average Bonchev–Trinajstić information content (AvgIpc) is 3.29. The molecule has 1 amide bonds. The fraction of sp³-hybridized carbons (Fsp3) is 0.304. The first-order chi connectivity index (χ1) is 14.6. The average molecular weight is 409 g/mol. The quantitative estimate of drug-likeness (QED) is 0.604. The van der Waals surface area contributed by atoms with Gasteiger partial charge in [-0.15, -0.1) is 0 Å². The Morgan fingerprint density at radius 2 is 1.93 bits per heavy atom. The van der Waals surface area contributed by atoms with Crippen LogP contribution in [0.25, 0.3) is 22.1 Å². The van der Waals surface area contributed by atoms with Gasteiger partial charge in [-0.3, -0.25) is 4.79 Å². The summed E-state index contributed by atoms with van der Waals surface area (Å²) in [7, 11) is 1.60. The van der Waals surface area contributed by atoms with Crippen LogP contribution in [0.3, 0.4) is 0 Å². The third-order valence-corrected chi connectivity index (χ3v) is 5.04. The van der Waals surface area contributed by atoms with Gasteiger partial charge in [-0.25, -0.2) is 4.79 Å². The zero-order chi connectivity index (χ0) is 20.9. The highest BCUT2D eigenvalue weighted by atomic mass is 16.5. The van der Waals surface area contributed by atoms with E-state index in [9.17, 15) is 9.59 Å². The van der Waals surface area contributed by atoms with Crippen molar-refractivity contribution in [2.24, 2.45) is 0 Å². The third-order valence-electron chi connectivity index (χ3n) is 5.04. The number of hydrogen-bond acceptors (Lipinski definition) is 6. The minimum Gasteiger partial charge on any atom is -0.497 e. The molecule has 7 nitrogen and oxygen atoms in total. The van der Waals surface area contributed by atoms with Gasteiger partial charge in [0.05, 0.1) is 13.2 Å². The van der Waals surface area contributed by atoms with Gasteiger partial charge in [0, 0.05) is 30.7 Å². The fourth-order valence-corrected chi connectivity index (χ4v) is 3.48. The zero-order valence-corrected chi connectivity index (χ0v) is 16.7.